The summed E-state index contributed by atoms with van der Waals surface area (Å²) < 4.78 is 18.3. The summed E-state index contributed by atoms with van der Waals surface area (Å²) in [5.41, 5.74) is 3.17. The van der Waals surface area contributed by atoms with Crippen LogP contribution < -0.4 is 15.4 Å². The lowest BCUT2D eigenvalue weighted by atomic mass is 10.1. The van der Waals surface area contributed by atoms with Crippen molar-refractivity contribution >= 4 is 11.6 Å². The summed E-state index contributed by atoms with van der Waals surface area (Å²) in [6, 6.07) is 15.7. The Hall–Kier alpha value is -3.41. The number of anilines is 1. The number of carbonyl (C=O) groups excluding carboxylic acids is 1. The molecule has 0 aliphatic heterocycles. The number of nitrogens with one attached hydrogen (secondary N) is 2. The van der Waals surface area contributed by atoms with Gasteiger partial charge in [-0.05, 0) is 41.8 Å². The molecule has 2 aromatic carbocycles. The topological polar surface area (TPSA) is 63.2 Å². The summed E-state index contributed by atoms with van der Waals surface area (Å²) in [5.74, 6) is 0.327. The number of halogens is 1. The van der Waals surface area contributed by atoms with Crippen LogP contribution in [0, 0.1) is 5.82 Å². The number of benzene rings is 2. The molecule has 0 atom stereocenters. The van der Waals surface area contributed by atoms with Gasteiger partial charge in [0.2, 0.25) is 0 Å². The molecule has 0 aliphatic rings. The second kappa shape index (κ2) is 9.50. The number of amides is 1. The van der Waals surface area contributed by atoms with Gasteiger partial charge in [0.05, 0.1) is 18.4 Å². The van der Waals surface area contributed by atoms with Gasteiger partial charge in [-0.3, -0.25) is 9.78 Å². The van der Waals surface area contributed by atoms with Crippen molar-refractivity contribution in [3.05, 3.63) is 89.5 Å². The SMILES string of the molecule is COc1ccccc1CCNc1cncc(C(=O)NCc2ccc(F)cc2)c1. The normalized spacial score (nSPS) is 10.4. The van der Waals surface area contributed by atoms with E-state index in [4.69, 9.17) is 4.74 Å². The smallest absolute Gasteiger partial charge is 0.253 e. The Bertz CT molecular complexity index is 929. The maximum absolute atomic E-state index is 12.9. The highest BCUT2D eigenvalue weighted by Gasteiger charge is 2.07. The van der Waals surface area contributed by atoms with E-state index in [9.17, 15) is 9.18 Å². The molecule has 1 heterocycles. The molecule has 0 aliphatic carbocycles. The average molecular weight is 379 g/mol. The van der Waals surface area contributed by atoms with E-state index in [1.165, 1.54) is 18.3 Å². The van der Waals surface area contributed by atoms with Crippen LogP contribution in [-0.2, 0) is 13.0 Å². The van der Waals surface area contributed by atoms with E-state index in [1.54, 1.807) is 31.5 Å². The monoisotopic (exact) mass is 379 g/mol. The maximum Gasteiger partial charge on any atom is 0.253 e. The van der Waals surface area contributed by atoms with Gasteiger partial charge in [0.25, 0.3) is 5.91 Å². The summed E-state index contributed by atoms with van der Waals surface area (Å²) in [5, 5.41) is 6.09. The van der Waals surface area contributed by atoms with Gasteiger partial charge in [-0.2, -0.15) is 0 Å². The first-order chi connectivity index (χ1) is 13.7. The van der Waals surface area contributed by atoms with Crippen LogP contribution in [0.1, 0.15) is 21.5 Å². The predicted molar refractivity (Wildman–Crippen MR) is 107 cm³/mol. The fourth-order valence-corrected chi connectivity index (χ4v) is 2.80. The number of pyridine rings is 1. The third kappa shape index (κ3) is 5.30. The number of rotatable bonds is 8. The van der Waals surface area contributed by atoms with Gasteiger partial charge in [0.15, 0.2) is 0 Å². The molecular weight excluding hydrogens is 357 g/mol. The van der Waals surface area contributed by atoms with Gasteiger partial charge in [-0.1, -0.05) is 30.3 Å². The van der Waals surface area contributed by atoms with Crippen LogP contribution in [0.15, 0.2) is 67.0 Å². The molecule has 0 saturated carbocycles. The van der Waals surface area contributed by atoms with Crippen LogP contribution in [0.2, 0.25) is 0 Å². The quantitative estimate of drug-likeness (QED) is 0.625. The van der Waals surface area contributed by atoms with Crippen LogP contribution in [0.4, 0.5) is 10.1 Å². The fraction of sp³-hybridized carbons (Fsp3) is 0.182. The van der Waals surface area contributed by atoms with Crippen LogP contribution in [0.25, 0.3) is 0 Å². The zero-order valence-electron chi connectivity index (χ0n) is 15.6. The van der Waals surface area contributed by atoms with Crippen LogP contribution in [0.5, 0.6) is 5.75 Å². The van der Waals surface area contributed by atoms with Gasteiger partial charge >= 0.3 is 0 Å². The lowest BCUT2D eigenvalue weighted by Crippen LogP contribution is -2.23. The van der Waals surface area contributed by atoms with Crippen molar-refractivity contribution < 1.29 is 13.9 Å². The molecule has 0 fully saturated rings. The summed E-state index contributed by atoms with van der Waals surface area (Å²) >= 11 is 0. The van der Waals surface area contributed by atoms with Gasteiger partial charge in [0.1, 0.15) is 11.6 Å². The number of hydrogen-bond acceptors (Lipinski definition) is 4. The Morgan fingerprint density at radius 1 is 1.11 bits per heavy atom. The van der Waals surface area contributed by atoms with Crippen LogP contribution in [-0.4, -0.2) is 24.5 Å². The first kappa shape index (κ1) is 19.4. The van der Waals surface area contributed by atoms with E-state index in [1.807, 2.05) is 24.3 Å². The van der Waals surface area contributed by atoms with Crippen molar-refractivity contribution in [1.82, 2.24) is 10.3 Å². The molecule has 2 N–H and O–H groups in total. The molecule has 6 heteroatoms. The Labute approximate surface area is 163 Å². The third-order valence-corrected chi connectivity index (χ3v) is 4.28. The Morgan fingerprint density at radius 2 is 1.89 bits per heavy atom. The lowest BCUT2D eigenvalue weighted by Gasteiger charge is -2.11. The molecule has 0 bridgehead atoms. The van der Waals surface area contributed by atoms with E-state index in [0.717, 1.165) is 29.0 Å². The number of carbonyl (C=O) groups is 1. The van der Waals surface area contributed by atoms with E-state index >= 15 is 0 Å². The number of para-hydroxylation sites is 1. The van der Waals surface area contributed by atoms with Crippen molar-refractivity contribution in [1.29, 1.82) is 0 Å². The Kier molecular flexibility index (Phi) is 6.57. The maximum atomic E-state index is 12.9. The molecule has 28 heavy (non-hydrogen) atoms. The van der Waals surface area contributed by atoms with Crippen molar-refractivity contribution in [3.63, 3.8) is 0 Å². The number of methoxy groups -OCH3 is 1. The summed E-state index contributed by atoms with van der Waals surface area (Å²) in [6.45, 7) is 1.01. The molecule has 3 aromatic rings. The van der Waals surface area contributed by atoms with Crippen molar-refractivity contribution in [2.45, 2.75) is 13.0 Å². The van der Waals surface area contributed by atoms with Gasteiger partial charge in [-0.15, -0.1) is 0 Å². The largest absolute Gasteiger partial charge is 0.496 e. The molecule has 0 spiro atoms. The Balaban J connectivity index is 1.54. The minimum Gasteiger partial charge on any atom is -0.496 e. The van der Waals surface area contributed by atoms with E-state index in [0.29, 0.717) is 18.7 Å². The van der Waals surface area contributed by atoms with Crippen LogP contribution in [0.3, 0.4) is 0 Å². The number of ether oxygens (including phenoxy) is 1. The molecule has 1 aromatic heterocycles. The fourth-order valence-electron chi connectivity index (χ4n) is 2.80. The highest BCUT2D eigenvalue weighted by molar-refractivity contribution is 5.94. The molecule has 5 nitrogen and oxygen atoms in total. The first-order valence-corrected chi connectivity index (χ1v) is 8.99. The molecule has 144 valence electrons. The number of hydrogen-bond donors (Lipinski definition) is 2. The van der Waals surface area contributed by atoms with E-state index in [-0.39, 0.29) is 11.7 Å². The zero-order chi connectivity index (χ0) is 19.8. The molecule has 1 amide bonds. The first-order valence-electron chi connectivity index (χ1n) is 8.99. The van der Waals surface area contributed by atoms with Crippen molar-refractivity contribution in [2.24, 2.45) is 0 Å². The third-order valence-electron chi connectivity index (χ3n) is 4.28. The molecule has 0 radical (unpaired) electrons. The Morgan fingerprint density at radius 3 is 2.68 bits per heavy atom. The van der Waals surface area contributed by atoms with Crippen LogP contribution >= 0.6 is 0 Å². The molecule has 3 rings (SSSR count). The average Bonchev–Trinajstić information content (AvgIpc) is 2.73. The zero-order valence-corrected chi connectivity index (χ0v) is 15.6. The van der Waals surface area contributed by atoms with Crippen molar-refractivity contribution in [2.75, 3.05) is 19.0 Å². The molecule has 0 saturated heterocycles. The van der Waals surface area contributed by atoms with Crippen molar-refractivity contribution in [3.8, 4) is 5.75 Å². The van der Waals surface area contributed by atoms with Gasteiger partial charge in [-0.25, -0.2) is 4.39 Å². The van der Waals surface area contributed by atoms with E-state index < -0.39 is 0 Å². The number of nitrogens with zero attached hydrogens (tertiary/aromatic N) is 1. The van der Waals surface area contributed by atoms with Gasteiger partial charge in [0, 0.05) is 25.5 Å². The highest BCUT2D eigenvalue weighted by Crippen LogP contribution is 2.18. The standard InChI is InChI=1S/C22H22FN3O2/c1-28-21-5-3-2-4-17(21)10-11-25-20-12-18(14-24-15-20)22(27)26-13-16-6-8-19(23)9-7-16/h2-9,12,14-15,25H,10-11,13H2,1H3,(H,26,27). The summed E-state index contributed by atoms with van der Waals surface area (Å²) in [4.78, 5) is 16.5. The number of aromatic nitrogens is 1. The summed E-state index contributed by atoms with van der Waals surface area (Å²) in [7, 11) is 1.66. The second-order valence-corrected chi connectivity index (χ2v) is 6.26. The predicted octanol–water partition coefficient (Wildman–Crippen LogP) is 3.81. The second-order valence-electron chi connectivity index (χ2n) is 6.26. The minimum atomic E-state index is -0.300. The molecule has 0 unspecified atom stereocenters. The van der Waals surface area contributed by atoms with Gasteiger partial charge < -0.3 is 15.4 Å². The lowest BCUT2D eigenvalue weighted by molar-refractivity contribution is 0.0950. The highest BCUT2D eigenvalue weighted by atomic mass is 19.1. The molecular formula is C22H22FN3O2. The van der Waals surface area contributed by atoms with E-state index in [2.05, 4.69) is 15.6 Å². The minimum absolute atomic E-state index is 0.231. The summed E-state index contributed by atoms with van der Waals surface area (Å²) in [6.07, 6.45) is 3.98.